The minimum Gasteiger partial charge on any atom is -0.333 e. The van der Waals surface area contributed by atoms with Gasteiger partial charge in [0.25, 0.3) is 0 Å². The number of nitrogens with zero attached hydrogens (tertiary/aromatic N) is 1. The average molecular weight is 331 g/mol. The Morgan fingerprint density at radius 3 is 2.86 bits per heavy atom. The SMILES string of the molecule is CCCC(C)C(=O)N1CCNCC1c1ccccc1Cl.Cl. The van der Waals surface area contributed by atoms with Crippen LogP contribution in [0.15, 0.2) is 24.3 Å². The molecule has 0 bridgehead atoms. The number of carbonyl (C=O) groups is 1. The van der Waals surface area contributed by atoms with Gasteiger partial charge in [-0.2, -0.15) is 0 Å². The van der Waals surface area contributed by atoms with Gasteiger partial charge in [-0.25, -0.2) is 0 Å². The first kappa shape index (κ1) is 18.3. The number of piperazine rings is 1. The van der Waals surface area contributed by atoms with Gasteiger partial charge in [-0.05, 0) is 18.1 Å². The second-order valence-electron chi connectivity index (χ2n) is 5.46. The molecule has 2 unspecified atom stereocenters. The molecular weight excluding hydrogens is 307 g/mol. The Hall–Kier alpha value is -0.770. The maximum atomic E-state index is 12.6. The lowest BCUT2D eigenvalue weighted by Gasteiger charge is -2.38. The number of carbonyl (C=O) groups excluding carboxylic acids is 1. The summed E-state index contributed by atoms with van der Waals surface area (Å²) in [6.45, 7) is 6.52. The Kier molecular flexibility index (Phi) is 7.50. The molecule has 1 amide bonds. The Labute approximate surface area is 138 Å². The van der Waals surface area contributed by atoms with Crippen molar-refractivity contribution in [3.63, 3.8) is 0 Å². The molecule has 118 valence electrons. The Bertz CT molecular complexity index is 467. The van der Waals surface area contributed by atoms with E-state index in [4.69, 9.17) is 11.6 Å². The van der Waals surface area contributed by atoms with Crippen LogP contribution in [-0.2, 0) is 4.79 Å². The fourth-order valence-corrected chi connectivity index (χ4v) is 3.09. The highest BCUT2D eigenvalue weighted by Gasteiger charge is 2.31. The molecule has 5 heteroatoms. The van der Waals surface area contributed by atoms with Gasteiger partial charge in [0.1, 0.15) is 0 Å². The summed E-state index contributed by atoms with van der Waals surface area (Å²) >= 11 is 6.30. The molecule has 1 aliphatic rings. The summed E-state index contributed by atoms with van der Waals surface area (Å²) in [4.78, 5) is 14.6. The van der Waals surface area contributed by atoms with Crippen LogP contribution in [-0.4, -0.2) is 30.4 Å². The van der Waals surface area contributed by atoms with Gasteiger partial charge in [-0.3, -0.25) is 4.79 Å². The molecule has 1 fully saturated rings. The van der Waals surface area contributed by atoms with E-state index in [0.29, 0.717) is 0 Å². The van der Waals surface area contributed by atoms with Crippen LogP contribution in [0.25, 0.3) is 0 Å². The third-order valence-corrected chi connectivity index (χ3v) is 4.28. The molecule has 1 aliphatic heterocycles. The summed E-state index contributed by atoms with van der Waals surface area (Å²) < 4.78 is 0. The van der Waals surface area contributed by atoms with E-state index in [0.717, 1.165) is 43.1 Å². The first-order valence-electron chi connectivity index (χ1n) is 7.40. The number of benzene rings is 1. The van der Waals surface area contributed by atoms with Crippen LogP contribution in [0.4, 0.5) is 0 Å². The fourth-order valence-electron chi connectivity index (χ4n) is 2.83. The summed E-state index contributed by atoms with van der Waals surface area (Å²) in [5, 5.41) is 4.10. The molecule has 1 heterocycles. The van der Waals surface area contributed by atoms with Crippen molar-refractivity contribution in [1.82, 2.24) is 10.2 Å². The normalized spacial score (nSPS) is 19.8. The van der Waals surface area contributed by atoms with Crippen molar-refractivity contribution in [3.05, 3.63) is 34.9 Å². The highest BCUT2D eigenvalue weighted by Crippen LogP contribution is 2.29. The van der Waals surface area contributed by atoms with Gasteiger partial charge >= 0.3 is 0 Å². The third-order valence-electron chi connectivity index (χ3n) is 3.93. The molecular formula is C16H24Cl2N2O. The summed E-state index contributed by atoms with van der Waals surface area (Å²) in [6.07, 6.45) is 1.98. The molecule has 0 aliphatic carbocycles. The van der Waals surface area contributed by atoms with Crippen LogP contribution in [0.5, 0.6) is 0 Å². The van der Waals surface area contributed by atoms with Crippen LogP contribution in [0.1, 0.15) is 38.3 Å². The van der Waals surface area contributed by atoms with Gasteiger partial charge in [0, 0.05) is 30.6 Å². The number of amides is 1. The molecule has 0 radical (unpaired) electrons. The molecule has 2 rings (SSSR count). The van der Waals surface area contributed by atoms with Crippen molar-refractivity contribution in [2.75, 3.05) is 19.6 Å². The molecule has 1 aromatic rings. The van der Waals surface area contributed by atoms with Gasteiger partial charge in [0.15, 0.2) is 0 Å². The van der Waals surface area contributed by atoms with E-state index in [1.165, 1.54) is 0 Å². The lowest BCUT2D eigenvalue weighted by Crippen LogP contribution is -2.50. The van der Waals surface area contributed by atoms with Gasteiger partial charge in [0.2, 0.25) is 5.91 Å². The monoisotopic (exact) mass is 330 g/mol. The summed E-state index contributed by atoms with van der Waals surface area (Å²) in [5.74, 6) is 0.335. The molecule has 1 N–H and O–H groups in total. The van der Waals surface area contributed by atoms with Gasteiger partial charge in [-0.1, -0.05) is 50.1 Å². The Morgan fingerprint density at radius 1 is 1.48 bits per heavy atom. The molecule has 1 aromatic carbocycles. The van der Waals surface area contributed by atoms with E-state index in [-0.39, 0.29) is 30.3 Å². The predicted molar refractivity (Wildman–Crippen MR) is 90.1 cm³/mol. The maximum absolute atomic E-state index is 12.6. The third kappa shape index (κ3) is 4.35. The highest BCUT2D eigenvalue weighted by atomic mass is 35.5. The number of halogens is 2. The molecule has 0 spiro atoms. The summed E-state index contributed by atoms with van der Waals surface area (Å²) in [5.41, 5.74) is 1.04. The van der Waals surface area contributed by atoms with E-state index < -0.39 is 0 Å². The molecule has 1 saturated heterocycles. The Balaban J connectivity index is 0.00000220. The zero-order valence-corrected chi connectivity index (χ0v) is 14.2. The fraction of sp³-hybridized carbons (Fsp3) is 0.562. The van der Waals surface area contributed by atoms with Crippen molar-refractivity contribution in [1.29, 1.82) is 0 Å². The lowest BCUT2D eigenvalue weighted by molar-refractivity contribution is -0.138. The van der Waals surface area contributed by atoms with E-state index in [2.05, 4.69) is 12.2 Å². The van der Waals surface area contributed by atoms with Crippen LogP contribution in [0.2, 0.25) is 5.02 Å². The van der Waals surface area contributed by atoms with Crippen molar-refractivity contribution in [3.8, 4) is 0 Å². The maximum Gasteiger partial charge on any atom is 0.226 e. The number of hydrogen-bond donors (Lipinski definition) is 1. The number of rotatable bonds is 4. The topological polar surface area (TPSA) is 32.3 Å². The van der Waals surface area contributed by atoms with Crippen LogP contribution in [0, 0.1) is 5.92 Å². The molecule has 2 atom stereocenters. The zero-order valence-electron chi connectivity index (χ0n) is 12.6. The first-order valence-corrected chi connectivity index (χ1v) is 7.78. The molecule has 0 saturated carbocycles. The molecule has 3 nitrogen and oxygen atoms in total. The number of nitrogens with one attached hydrogen (secondary N) is 1. The van der Waals surface area contributed by atoms with E-state index in [9.17, 15) is 4.79 Å². The lowest BCUT2D eigenvalue weighted by atomic mass is 9.98. The minimum absolute atomic E-state index is 0. The van der Waals surface area contributed by atoms with Crippen LogP contribution < -0.4 is 5.32 Å². The standard InChI is InChI=1S/C16H23ClN2O.ClH/c1-3-6-12(2)16(20)19-10-9-18-11-15(19)13-7-4-5-8-14(13)17;/h4-5,7-8,12,15,18H,3,6,9-11H2,1-2H3;1H. The average Bonchev–Trinajstić information content (AvgIpc) is 2.47. The highest BCUT2D eigenvalue weighted by molar-refractivity contribution is 6.31. The molecule has 0 aromatic heterocycles. The second-order valence-corrected chi connectivity index (χ2v) is 5.87. The van der Waals surface area contributed by atoms with Crippen LogP contribution >= 0.6 is 24.0 Å². The first-order chi connectivity index (χ1) is 9.65. The Morgan fingerprint density at radius 2 is 2.19 bits per heavy atom. The predicted octanol–water partition coefficient (Wildman–Crippen LogP) is 3.67. The summed E-state index contributed by atoms with van der Waals surface area (Å²) in [7, 11) is 0. The van der Waals surface area contributed by atoms with Gasteiger partial charge in [0.05, 0.1) is 6.04 Å². The van der Waals surface area contributed by atoms with E-state index in [1.807, 2.05) is 36.1 Å². The van der Waals surface area contributed by atoms with Crippen molar-refractivity contribution < 1.29 is 4.79 Å². The van der Waals surface area contributed by atoms with E-state index in [1.54, 1.807) is 0 Å². The quantitative estimate of drug-likeness (QED) is 0.913. The van der Waals surface area contributed by atoms with Crippen molar-refractivity contribution in [2.24, 2.45) is 5.92 Å². The second kappa shape index (κ2) is 8.62. The van der Waals surface area contributed by atoms with Crippen LogP contribution in [0.3, 0.4) is 0 Å². The smallest absolute Gasteiger partial charge is 0.226 e. The number of hydrogen-bond acceptors (Lipinski definition) is 2. The van der Waals surface area contributed by atoms with Crippen molar-refractivity contribution >= 4 is 29.9 Å². The zero-order chi connectivity index (χ0) is 14.5. The summed E-state index contributed by atoms with van der Waals surface area (Å²) in [6, 6.07) is 7.86. The van der Waals surface area contributed by atoms with Gasteiger partial charge in [-0.15, -0.1) is 12.4 Å². The van der Waals surface area contributed by atoms with Gasteiger partial charge < -0.3 is 10.2 Å². The minimum atomic E-state index is 0. The largest absolute Gasteiger partial charge is 0.333 e. The van der Waals surface area contributed by atoms with Crippen molar-refractivity contribution in [2.45, 2.75) is 32.7 Å². The van der Waals surface area contributed by atoms with E-state index >= 15 is 0 Å². The molecule has 21 heavy (non-hydrogen) atoms.